The van der Waals surface area contributed by atoms with Gasteiger partial charge in [-0.15, -0.1) is 0 Å². The Morgan fingerprint density at radius 1 is 1.70 bits per heavy atom. The van der Waals surface area contributed by atoms with Crippen molar-refractivity contribution in [2.24, 2.45) is 0 Å². The zero-order valence-electron chi connectivity index (χ0n) is 6.00. The monoisotopic (exact) mass is 251 g/mol. The minimum Gasteiger partial charge on any atom is -0.382 e. The van der Waals surface area contributed by atoms with Gasteiger partial charge in [0.15, 0.2) is 0 Å². The van der Waals surface area contributed by atoms with Crippen LogP contribution in [0.1, 0.15) is 19.9 Å². The van der Waals surface area contributed by atoms with Crippen molar-refractivity contribution < 1.29 is 0 Å². The van der Waals surface area contributed by atoms with Crippen LogP contribution in [0, 0.1) is 3.70 Å². The third kappa shape index (κ3) is 1.42. The van der Waals surface area contributed by atoms with E-state index in [2.05, 4.69) is 41.5 Å². The third-order valence-electron chi connectivity index (χ3n) is 1.20. The average molecular weight is 251 g/mol. The summed E-state index contributed by atoms with van der Waals surface area (Å²) in [6.45, 7) is 4.16. The summed E-state index contributed by atoms with van der Waals surface area (Å²) in [5.41, 5.74) is 5.48. The molecule has 3 nitrogen and oxygen atoms in total. The highest BCUT2D eigenvalue weighted by Crippen LogP contribution is 2.13. The number of nitrogen functional groups attached to an aromatic ring is 1. The summed E-state index contributed by atoms with van der Waals surface area (Å²) in [6.07, 6.45) is 0. The summed E-state index contributed by atoms with van der Waals surface area (Å²) in [7, 11) is 0. The molecule has 0 spiro atoms. The van der Waals surface area contributed by atoms with Crippen LogP contribution in [0.15, 0.2) is 6.07 Å². The highest BCUT2D eigenvalue weighted by Gasteiger charge is 2.04. The standard InChI is InChI=1S/C6H10IN3/c1-4(2)10-5(7)3-6(8)9-10/h3-4H,1-2H3,(H2,8,9). The zero-order chi connectivity index (χ0) is 7.72. The van der Waals surface area contributed by atoms with Gasteiger partial charge in [0.2, 0.25) is 0 Å². The van der Waals surface area contributed by atoms with Crippen LogP contribution < -0.4 is 5.73 Å². The Bertz CT molecular complexity index is 229. The van der Waals surface area contributed by atoms with E-state index in [4.69, 9.17) is 5.73 Å². The number of hydrogen-bond acceptors (Lipinski definition) is 2. The topological polar surface area (TPSA) is 43.8 Å². The van der Waals surface area contributed by atoms with Crippen molar-refractivity contribution in [2.45, 2.75) is 19.9 Å². The molecule has 0 amide bonds. The van der Waals surface area contributed by atoms with Crippen molar-refractivity contribution in [1.29, 1.82) is 0 Å². The second-order valence-corrected chi connectivity index (χ2v) is 3.54. The first kappa shape index (κ1) is 7.84. The van der Waals surface area contributed by atoms with E-state index in [0.29, 0.717) is 11.9 Å². The number of nitrogens with two attached hydrogens (primary N) is 1. The van der Waals surface area contributed by atoms with Crippen molar-refractivity contribution in [3.8, 4) is 0 Å². The number of nitrogens with zero attached hydrogens (tertiary/aromatic N) is 2. The van der Waals surface area contributed by atoms with E-state index in [-0.39, 0.29) is 0 Å². The second-order valence-electron chi connectivity index (χ2n) is 2.43. The molecule has 0 saturated heterocycles. The molecule has 1 aromatic heterocycles. The van der Waals surface area contributed by atoms with E-state index in [1.54, 1.807) is 0 Å². The van der Waals surface area contributed by atoms with Gasteiger partial charge in [-0.05, 0) is 36.4 Å². The maximum atomic E-state index is 5.48. The molecule has 0 aromatic carbocycles. The maximum absolute atomic E-state index is 5.48. The molecule has 4 heteroatoms. The first-order valence-corrected chi connectivity index (χ1v) is 4.19. The molecule has 10 heavy (non-hydrogen) atoms. The molecule has 0 aliphatic carbocycles. The van der Waals surface area contributed by atoms with Gasteiger partial charge in [-0.1, -0.05) is 0 Å². The predicted molar refractivity (Wildman–Crippen MR) is 49.7 cm³/mol. The number of anilines is 1. The van der Waals surface area contributed by atoms with Crippen LogP contribution in [0.5, 0.6) is 0 Å². The molecule has 1 aromatic rings. The molecule has 2 N–H and O–H groups in total. The molecule has 0 bridgehead atoms. The number of halogens is 1. The molecule has 0 aliphatic rings. The van der Waals surface area contributed by atoms with E-state index < -0.39 is 0 Å². The molecule has 0 saturated carbocycles. The number of hydrogen-bond donors (Lipinski definition) is 1. The van der Waals surface area contributed by atoms with Gasteiger partial charge in [0, 0.05) is 12.1 Å². The molecule has 0 atom stereocenters. The summed E-state index contributed by atoms with van der Waals surface area (Å²) in [4.78, 5) is 0. The zero-order valence-corrected chi connectivity index (χ0v) is 8.16. The highest BCUT2D eigenvalue weighted by atomic mass is 127. The molecular weight excluding hydrogens is 241 g/mol. The maximum Gasteiger partial charge on any atom is 0.146 e. The van der Waals surface area contributed by atoms with Gasteiger partial charge < -0.3 is 5.73 Å². The van der Waals surface area contributed by atoms with Crippen LogP contribution in [0.25, 0.3) is 0 Å². The Kier molecular flexibility index (Phi) is 2.18. The quantitative estimate of drug-likeness (QED) is 0.771. The van der Waals surface area contributed by atoms with Gasteiger partial charge in [-0.25, -0.2) is 0 Å². The lowest BCUT2D eigenvalue weighted by atomic mass is 10.4. The van der Waals surface area contributed by atoms with Crippen LogP contribution >= 0.6 is 22.6 Å². The normalized spacial score (nSPS) is 10.8. The Morgan fingerprint density at radius 2 is 2.30 bits per heavy atom. The molecular formula is C6H10IN3. The molecule has 1 rings (SSSR count). The lowest BCUT2D eigenvalue weighted by Crippen LogP contribution is -2.04. The highest BCUT2D eigenvalue weighted by molar-refractivity contribution is 14.1. The largest absolute Gasteiger partial charge is 0.382 e. The van der Waals surface area contributed by atoms with Gasteiger partial charge in [0.1, 0.15) is 9.52 Å². The fraction of sp³-hybridized carbons (Fsp3) is 0.500. The molecule has 56 valence electrons. The van der Waals surface area contributed by atoms with E-state index in [1.807, 2.05) is 10.7 Å². The first-order chi connectivity index (χ1) is 4.61. The van der Waals surface area contributed by atoms with Gasteiger partial charge >= 0.3 is 0 Å². The van der Waals surface area contributed by atoms with Gasteiger partial charge in [-0.2, -0.15) is 5.10 Å². The van der Waals surface area contributed by atoms with E-state index >= 15 is 0 Å². The lowest BCUT2D eigenvalue weighted by Gasteiger charge is -2.05. The molecule has 0 fully saturated rings. The molecule has 0 unspecified atom stereocenters. The van der Waals surface area contributed by atoms with E-state index in [0.717, 1.165) is 3.70 Å². The first-order valence-electron chi connectivity index (χ1n) is 3.12. The second kappa shape index (κ2) is 2.77. The van der Waals surface area contributed by atoms with Crippen molar-refractivity contribution >= 4 is 28.4 Å². The average Bonchev–Trinajstić information content (AvgIpc) is 2.10. The van der Waals surface area contributed by atoms with Crippen LogP contribution in [-0.4, -0.2) is 9.78 Å². The smallest absolute Gasteiger partial charge is 0.146 e. The SMILES string of the molecule is CC(C)n1nc(N)cc1I. The van der Waals surface area contributed by atoms with Crippen molar-refractivity contribution in [2.75, 3.05) is 5.73 Å². The van der Waals surface area contributed by atoms with Crippen molar-refractivity contribution in [3.63, 3.8) is 0 Å². The van der Waals surface area contributed by atoms with Crippen LogP contribution in [0.3, 0.4) is 0 Å². The van der Waals surface area contributed by atoms with Gasteiger partial charge in [-0.3, -0.25) is 4.68 Å². The summed E-state index contributed by atoms with van der Waals surface area (Å²) in [5, 5.41) is 4.10. The fourth-order valence-corrected chi connectivity index (χ4v) is 1.74. The third-order valence-corrected chi connectivity index (χ3v) is 2.00. The van der Waals surface area contributed by atoms with E-state index in [9.17, 15) is 0 Å². The Balaban J connectivity index is 3.03. The number of rotatable bonds is 1. The van der Waals surface area contributed by atoms with Crippen molar-refractivity contribution in [1.82, 2.24) is 9.78 Å². The molecule has 0 radical (unpaired) electrons. The van der Waals surface area contributed by atoms with Gasteiger partial charge in [0.25, 0.3) is 0 Å². The summed E-state index contributed by atoms with van der Waals surface area (Å²) < 4.78 is 2.99. The fourth-order valence-electron chi connectivity index (χ4n) is 0.751. The van der Waals surface area contributed by atoms with Crippen LogP contribution in [0.2, 0.25) is 0 Å². The molecule has 0 aliphatic heterocycles. The summed E-state index contributed by atoms with van der Waals surface area (Å²) >= 11 is 2.22. The van der Waals surface area contributed by atoms with Crippen LogP contribution in [-0.2, 0) is 0 Å². The summed E-state index contributed by atoms with van der Waals surface area (Å²) in [6, 6.07) is 2.25. The predicted octanol–water partition coefficient (Wildman–Crippen LogP) is 1.65. The minimum absolute atomic E-state index is 0.393. The Labute approximate surface area is 73.7 Å². The van der Waals surface area contributed by atoms with Gasteiger partial charge in [0.05, 0.1) is 0 Å². The number of aromatic nitrogens is 2. The molecule has 1 heterocycles. The van der Waals surface area contributed by atoms with Crippen LogP contribution in [0.4, 0.5) is 5.82 Å². The minimum atomic E-state index is 0.393. The summed E-state index contributed by atoms with van der Waals surface area (Å²) in [5.74, 6) is 0.595. The van der Waals surface area contributed by atoms with E-state index in [1.165, 1.54) is 0 Å². The lowest BCUT2D eigenvalue weighted by molar-refractivity contribution is 0.522. The Hall–Kier alpha value is -0.260. The van der Waals surface area contributed by atoms with Crippen molar-refractivity contribution in [3.05, 3.63) is 9.77 Å². The Morgan fingerprint density at radius 3 is 2.50 bits per heavy atom.